The summed E-state index contributed by atoms with van der Waals surface area (Å²) in [7, 11) is 0. The molecule has 6 nitrogen and oxygen atoms in total. The van der Waals surface area contributed by atoms with Gasteiger partial charge in [-0.3, -0.25) is 4.79 Å². The fourth-order valence-electron chi connectivity index (χ4n) is 2.16. The summed E-state index contributed by atoms with van der Waals surface area (Å²) in [6.45, 7) is 2.07. The van der Waals surface area contributed by atoms with Crippen LogP contribution in [-0.4, -0.2) is 45.0 Å². The maximum absolute atomic E-state index is 11.9. The molecule has 0 aliphatic carbocycles. The molecular weight excluding hydrogens is 230 g/mol. The van der Waals surface area contributed by atoms with Crippen LogP contribution in [0, 0.1) is 0 Å². The van der Waals surface area contributed by atoms with Crippen LogP contribution in [0.3, 0.4) is 0 Å². The molecule has 1 amide bonds. The highest BCUT2D eigenvalue weighted by atomic mass is 16.2. The summed E-state index contributed by atoms with van der Waals surface area (Å²) < 4.78 is 1.69. The van der Waals surface area contributed by atoms with Gasteiger partial charge < -0.3 is 10.2 Å². The number of nitrogens with one attached hydrogen (secondary N) is 1. The van der Waals surface area contributed by atoms with Crippen LogP contribution in [0.1, 0.15) is 12.8 Å². The molecule has 1 saturated heterocycles. The topological polar surface area (TPSA) is 62.5 Å². The molecule has 0 spiro atoms. The molecule has 0 saturated carbocycles. The van der Waals surface area contributed by atoms with Gasteiger partial charge in [0.2, 0.25) is 5.91 Å². The summed E-state index contributed by atoms with van der Waals surface area (Å²) in [5.41, 5.74) is 0.772. The van der Waals surface area contributed by atoms with E-state index < -0.39 is 0 Å². The number of hydrogen-bond acceptors (Lipinski definition) is 4. The minimum absolute atomic E-state index is 0.141. The van der Waals surface area contributed by atoms with Crippen molar-refractivity contribution < 1.29 is 4.79 Å². The van der Waals surface area contributed by atoms with Gasteiger partial charge in [0.15, 0.2) is 5.65 Å². The average molecular weight is 245 g/mol. The molecule has 0 atom stereocenters. The van der Waals surface area contributed by atoms with Crippen LogP contribution in [0.5, 0.6) is 0 Å². The second kappa shape index (κ2) is 4.64. The molecule has 1 aliphatic rings. The Hall–Kier alpha value is -2.11. The number of anilines is 1. The Morgan fingerprint density at radius 2 is 2.17 bits per heavy atom. The average Bonchev–Trinajstić information content (AvgIpc) is 3.05. The standard InChI is InChI=1S/C12H15N5O/c18-12(16-6-1-2-7-16)9-13-10-4-8-17-11(15-10)3-5-14-17/h3-5,8H,1-2,6-7,9H2,(H,13,15). The highest BCUT2D eigenvalue weighted by molar-refractivity contribution is 5.80. The van der Waals surface area contributed by atoms with E-state index in [1.807, 2.05) is 23.2 Å². The molecule has 6 heteroatoms. The Kier molecular flexibility index (Phi) is 2.84. The number of nitrogens with zero attached hydrogens (tertiary/aromatic N) is 4. The van der Waals surface area contributed by atoms with Crippen molar-refractivity contribution in [1.82, 2.24) is 19.5 Å². The zero-order valence-corrected chi connectivity index (χ0v) is 10.0. The van der Waals surface area contributed by atoms with Crippen molar-refractivity contribution in [2.45, 2.75) is 12.8 Å². The predicted octanol–water partition coefficient (Wildman–Crippen LogP) is 0.764. The molecule has 2 aromatic rings. The van der Waals surface area contributed by atoms with Crippen molar-refractivity contribution in [1.29, 1.82) is 0 Å². The fraction of sp³-hybridized carbons (Fsp3) is 0.417. The van der Waals surface area contributed by atoms with Crippen LogP contribution in [0.25, 0.3) is 5.65 Å². The summed E-state index contributed by atoms with van der Waals surface area (Å²) in [6.07, 6.45) is 5.75. The zero-order chi connectivity index (χ0) is 12.4. The van der Waals surface area contributed by atoms with Gasteiger partial charge in [0.25, 0.3) is 0 Å². The molecule has 1 N–H and O–H groups in total. The largest absolute Gasteiger partial charge is 0.361 e. The van der Waals surface area contributed by atoms with Crippen molar-refractivity contribution in [3.8, 4) is 0 Å². The van der Waals surface area contributed by atoms with E-state index in [9.17, 15) is 4.79 Å². The van der Waals surface area contributed by atoms with E-state index in [1.165, 1.54) is 0 Å². The third-order valence-electron chi connectivity index (χ3n) is 3.14. The van der Waals surface area contributed by atoms with Crippen LogP contribution >= 0.6 is 0 Å². The fourth-order valence-corrected chi connectivity index (χ4v) is 2.16. The predicted molar refractivity (Wildman–Crippen MR) is 67.3 cm³/mol. The van der Waals surface area contributed by atoms with Gasteiger partial charge >= 0.3 is 0 Å². The molecular formula is C12H15N5O. The summed E-state index contributed by atoms with van der Waals surface area (Å²) >= 11 is 0. The molecule has 3 heterocycles. The highest BCUT2D eigenvalue weighted by Crippen LogP contribution is 2.09. The van der Waals surface area contributed by atoms with Gasteiger partial charge in [-0.05, 0) is 18.9 Å². The Balaban J connectivity index is 1.63. The van der Waals surface area contributed by atoms with Gasteiger partial charge in [0.1, 0.15) is 5.82 Å². The van der Waals surface area contributed by atoms with Gasteiger partial charge in [0, 0.05) is 25.4 Å². The third kappa shape index (κ3) is 2.13. The van der Waals surface area contributed by atoms with Gasteiger partial charge in [-0.2, -0.15) is 5.10 Å². The second-order valence-electron chi connectivity index (χ2n) is 4.39. The monoisotopic (exact) mass is 245 g/mol. The van der Waals surface area contributed by atoms with Gasteiger partial charge in [-0.15, -0.1) is 0 Å². The summed E-state index contributed by atoms with van der Waals surface area (Å²) in [4.78, 5) is 18.1. The van der Waals surface area contributed by atoms with E-state index in [0.717, 1.165) is 31.6 Å². The Bertz CT molecular complexity index is 558. The number of hydrogen-bond donors (Lipinski definition) is 1. The Labute approximate surface area is 105 Å². The lowest BCUT2D eigenvalue weighted by Gasteiger charge is -2.15. The van der Waals surface area contributed by atoms with Gasteiger partial charge in [-0.25, -0.2) is 9.50 Å². The van der Waals surface area contributed by atoms with Crippen molar-refractivity contribution in [2.75, 3.05) is 25.0 Å². The minimum Gasteiger partial charge on any atom is -0.361 e. The van der Waals surface area contributed by atoms with E-state index >= 15 is 0 Å². The normalized spacial score (nSPS) is 15.2. The molecule has 3 rings (SSSR count). The first-order chi connectivity index (χ1) is 8.83. The number of rotatable bonds is 3. The number of carbonyl (C=O) groups is 1. The van der Waals surface area contributed by atoms with E-state index in [0.29, 0.717) is 12.4 Å². The summed E-state index contributed by atoms with van der Waals surface area (Å²) in [5.74, 6) is 0.846. The molecule has 94 valence electrons. The maximum Gasteiger partial charge on any atom is 0.241 e. The van der Waals surface area contributed by atoms with E-state index in [2.05, 4.69) is 15.4 Å². The number of fused-ring (bicyclic) bond motifs is 1. The summed E-state index contributed by atoms with van der Waals surface area (Å²) in [6, 6.07) is 3.64. The highest BCUT2D eigenvalue weighted by Gasteiger charge is 2.17. The zero-order valence-electron chi connectivity index (χ0n) is 10.0. The molecule has 0 aromatic carbocycles. The Morgan fingerprint density at radius 1 is 1.33 bits per heavy atom. The molecule has 0 unspecified atom stereocenters. The maximum atomic E-state index is 11.9. The molecule has 0 bridgehead atoms. The van der Waals surface area contributed by atoms with Crippen LogP contribution in [0.2, 0.25) is 0 Å². The van der Waals surface area contributed by atoms with Crippen LogP contribution in [0.15, 0.2) is 24.5 Å². The van der Waals surface area contributed by atoms with Gasteiger partial charge in [0.05, 0.1) is 12.7 Å². The molecule has 2 aromatic heterocycles. The second-order valence-corrected chi connectivity index (χ2v) is 4.39. The quantitative estimate of drug-likeness (QED) is 0.867. The Morgan fingerprint density at radius 3 is 3.00 bits per heavy atom. The number of carbonyl (C=O) groups excluding carboxylic acids is 1. The van der Waals surface area contributed by atoms with Crippen LogP contribution in [-0.2, 0) is 4.79 Å². The van der Waals surface area contributed by atoms with Crippen molar-refractivity contribution in [3.05, 3.63) is 24.5 Å². The van der Waals surface area contributed by atoms with Crippen LogP contribution in [0.4, 0.5) is 5.82 Å². The lowest BCUT2D eigenvalue weighted by molar-refractivity contribution is -0.128. The van der Waals surface area contributed by atoms with Crippen molar-refractivity contribution in [2.24, 2.45) is 0 Å². The van der Waals surface area contributed by atoms with Crippen LogP contribution < -0.4 is 5.32 Å². The number of amides is 1. The first kappa shape index (κ1) is 11.0. The SMILES string of the molecule is O=C(CNc1ccn2nccc2n1)N1CCCC1. The molecule has 1 fully saturated rings. The first-order valence-electron chi connectivity index (χ1n) is 6.15. The number of likely N-dealkylation sites (tertiary alicyclic amines) is 1. The van der Waals surface area contributed by atoms with E-state index in [-0.39, 0.29) is 5.91 Å². The van der Waals surface area contributed by atoms with Crippen molar-refractivity contribution >= 4 is 17.4 Å². The summed E-state index contributed by atoms with van der Waals surface area (Å²) in [5, 5.41) is 7.13. The van der Waals surface area contributed by atoms with E-state index in [4.69, 9.17) is 0 Å². The molecule has 18 heavy (non-hydrogen) atoms. The molecule has 0 radical (unpaired) electrons. The van der Waals surface area contributed by atoms with Crippen molar-refractivity contribution in [3.63, 3.8) is 0 Å². The first-order valence-corrected chi connectivity index (χ1v) is 6.15. The van der Waals surface area contributed by atoms with Gasteiger partial charge in [-0.1, -0.05) is 0 Å². The minimum atomic E-state index is 0.141. The lowest BCUT2D eigenvalue weighted by Crippen LogP contribution is -2.33. The number of aromatic nitrogens is 3. The lowest BCUT2D eigenvalue weighted by atomic mass is 10.4. The molecule has 1 aliphatic heterocycles. The smallest absolute Gasteiger partial charge is 0.241 e. The third-order valence-corrected chi connectivity index (χ3v) is 3.14. The van der Waals surface area contributed by atoms with E-state index in [1.54, 1.807) is 10.7 Å².